The van der Waals surface area contributed by atoms with Crippen LogP contribution in [0.25, 0.3) is 0 Å². The molecule has 0 saturated heterocycles. The van der Waals surface area contributed by atoms with Gasteiger partial charge in [0.2, 0.25) is 0 Å². The maximum Gasteiger partial charge on any atom is 0.306 e. The Morgan fingerprint density at radius 3 is 1.20 bits per heavy atom. The van der Waals surface area contributed by atoms with Crippen molar-refractivity contribution in [1.29, 1.82) is 0 Å². The lowest BCUT2D eigenvalue weighted by molar-refractivity contribution is -0.870. The molecule has 0 aliphatic heterocycles. The molecule has 71 heavy (non-hydrogen) atoms. The van der Waals surface area contributed by atoms with Crippen LogP contribution in [-0.2, 0) is 32.7 Å². The summed E-state index contributed by atoms with van der Waals surface area (Å²) in [5.41, 5.74) is 0. The Bertz CT molecular complexity index is 1700. The zero-order valence-electron chi connectivity index (χ0n) is 45.1. The highest BCUT2D eigenvalue weighted by Crippen LogP contribution is 2.38. The molecule has 0 aromatic heterocycles. The molecule has 0 heterocycles. The number of hydrogen-bond acceptors (Lipinski definition) is 8. The highest BCUT2D eigenvalue weighted by atomic mass is 31.2. The number of quaternary nitrogens is 1. The molecule has 0 fully saturated rings. The van der Waals surface area contributed by atoms with Gasteiger partial charge in [-0.2, -0.15) is 0 Å². The molecule has 400 valence electrons. The number of carbonyl (C=O) groups excluding carboxylic acids is 2. The zero-order chi connectivity index (χ0) is 52.0. The molecule has 2 unspecified atom stereocenters. The number of rotatable bonds is 47. The van der Waals surface area contributed by atoms with Gasteiger partial charge in [-0.15, -0.1) is 0 Å². The number of phosphoric acid groups is 1. The van der Waals surface area contributed by atoms with Crippen molar-refractivity contribution in [1.82, 2.24) is 0 Å². The Balaban J connectivity index is 4.09. The molecular weight excluding hydrogens is 906 g/mol. The molecule has 9 nitrogen and oxygen atoms in total. The normalized spacial score (nSPS) is 14.5. The number of likely N-dealkylation sites (N-methyl/N-ethyl adjacent to an activating group) is 1. The summed E-state index contributed by atoms with van der Waals surface area (Å²) in [5, 5.41) is 0. The summed E-state index contributed by atoms with van der Waals surface area (Å²) in [4.78, 5) is 37.4. The Morgan fingerprint density at radius 1 is 0.451 bits per heavy atom. The van der Waals surface area contributed by atoms with Gasteiger partial charge >= 0.3 is 11.9 Å². The Hall–Kier alpha value is -4.11. The summed E-state index contributed by atoms with van der Waals surface area (Å²) >= 11 is 0. The van der Waals surface area contributed by atoms with E-state index in [-0.39, 0.29) is 26.1 Å². The van der Waals surface area contributed by atoms with E-state index in [0.29, 0.717) is 17.4 Å². The average molecular weight is 1000 g/mol. The van der Waals surface area contributed by atoms with Crippen molar-refractivity contribution in [3.05, 3.63) is 146 Å². The summed E-state index contributed by atoms with van der Waals surface area (Å²) in [6.07, 6.45) is 75.2. The quantitative estimate of drug-likeness (QED) is 0.0195. The summed E-state index contributed by atoms with van der Waals surface area (Å²) in [7, 11) is 1.12. The number of nitrogens with zero attached hydrogens (tertiary/aromatic N) is 1. The van der Waals surface area contributed by atoms with Crippen molar-refractivity contribution in [3.63, 3.8) is 0 Å². The van der Waals surface area contributed by atoms with E-state index in [4.69, 9.17) is 18.5 Å². The number of carbonyl (C=O) groups is 2. The van der Waals surface area contributed by atoms with Crippen LogP contribution in [-0.4, -0.2) is 70.0 Å². The number of hydrogen-bond donors (Lipinski definition) is 0. The third-order valence-corrected chi connectivity index (χ3v) is 11.6. The number of ether oxygens (including phenoxy) is 2. The van der Waals surface area contributed by atoms with Crippen molar-refractivity contribution in [2.75, 3.05) is 47.5 Å². The molecule has 2 atom stereocenters. The smallest absolute Gasteiger partial charge is 0.306 e. The minimum Gasteiger partial charge on any atom is -0.756 e. The van der Waals surface area contributed by atoms with Crippen molar-refractivity contribution >= 4 is 19.8 Å². The first kappa shape index (κ1) is 66.9. The molecule has 0 N–H and O–H groups in total. The second kappa shape index (κ2) is 50.8. The van der Waals surface area contributed by atoms with Crippen molar-refractivity contribution in [3.8, 4) is 0 Å². The fraction of sp³-hybridized carbons (Fsp3) is 0.574. The minimum absolute atomic E-state index is 0.0431. The van der Waals surface area contributed by atoms with E-state index in [1.54, 1.807) is 0 Å². The highest BCUT2D eigenvalue weighted by Gasteiger charge is 2.21. The monoisotopic (exact) mass is 1000 g/mol. The van der Waals surface area contributed by atoms with E-state index in [2.05, 4.69) is 160 Å². The lowest BCUT2D eigenvalue weighted by Gasteiger charge is -2.28. The lowest BCUT2D eigenvalue weighted by atomic mass is 10.1. The van der Waals surface area contributed by atoms with Gasteiger partial charge in [0.05, 0.1) is 27.7 Å². The molecule has 10 heteroatoms. The molecule has 0 aromatic rings. The van der Waals surface area contributed by atoms with E-state index >= 15 is 0 Å². The molecule has 0 radical (unpaired) electrons. The van der Waals surface area contributed by atoms with Gasteiger partial charge in [-0.1, -0.05) is 205 Å². The van der Waals surface area contributed by atoms with Gasteiger partial charge < -0.3 is 27.9 Å². The van der Waals surface area contributed by atoms with Crippen LogP contribution in [0.2, 0.25) is 0 Å². The summed E-state index contributed by atoms with van der Waals surface area (Å²) in [5.74, 6) is -0.887. The number of unbranched alkanes of at least 4 members (excludes halogenated alkanes) is 9. The number of phosphoric ester groups is 1. The molecule has 0 saturated carbocycles. The number of allylic oxidation sites excluding steroid dienone is 24. The standard InChI is InChI=1S/C61H98NO8P/c1-6-8-10-12-14-15-16-17-18-19-20-21-22-23-24-25-26-27-28-29-30-31-32-33-34-35-36-37-38-39-40-41-42-43-44-45-46-47-48-50-52-54-61(64)70-59(57-67-60(63)53-51-49-13-11-9-7-2)58-69-71(65,66)68-56-55-62(3,4)5/h8,10,14-15,17-18,20-21,23-24,26-27,29-30,32-33,35-36,38-39,41-42,44-45,59H,6-7,9,11-13,16,19,22,25,28,31,34,37,40,43,46-58H2,1-5H3/b10-8-,15-14-,18-17-,21-20-,24-23-,27-26-,30-29-,33-32-,36-35-,39-38-,42-41-,45-44-. The first-order valence-corrected chi connectivity index (χ1v) is 28.5. The van der Waals surface area contributed by atoms with Gasteiger partial charge in [-0.3, -0.25) is 14.2 Å². The largest absolute Gasteiger partial charge is 0.756 e. The Kier molecular flexibility index (Phi) is 47.9. The second-order valence-corrected chi connectivity index (χ2v) is 19.9. The SMILES string of the molecule is CC/C=C\C/C=C\C/C=C\C/C=C\C/C=C\C/C=C\C/C=C\C/C=C\C/C=C\C/C=C\C/C=C\C/C=C\CCCCCCC(=O)OC(COC(=O)CCCCCCCC)COP(=O)([O-])OCC[N+](C)(C)C. The van der Waals surface area contributed by atoms with Gasteiger partial charge in [0.1, 0.15) is 19.8 Å². The summed E-state index contributed by atoms with van der Waals surface area (Å²) < 4.78 is 33.7. The fourth-order valence-corrected chi connectivity index (χ4v) is 7.19. The van der Waals surface area contributed by atoms with Gasteiger partial charge in [-0.05, 0) is 103 Å². The van der Waals surface area contributed by atoms with E-state index in [0.717, 1.165) is 135 Å². The molecule has 0 bridgehead atoms. The molecule has 0 aliphatic carbocycles. The molecule has 0 spiro atoms. The summed E-state index contributed by atoms with van der Waals surface area (Å²) in [6.45, 7) is 3.97. The van der Waals surface area contributed by atoms with Crippen LogP contribution in [0.15, 0.2) is 146 Å². The fourth-order valence-electron chi connectivity index (χ4n) is 6.46. The maximum absolute atomic E-state index is 12.7. The predicted octanol–water partition coefficient (Wildman–Crippen LogP) is 16.1. The van der Waals surface area contributed by atoms with Gasteiger partial charge in [0, 0.05) is 12.8 Å². The molecule has 0 rings (SSSR count). The van der Waals surface area contributed by atoms with Crippen LogP contribution in [0.4, 0.5) is 0 Å². The van der Waals surface area contributed by atoms with Crippen molar-refractivity contribution in [2.45, 2.75) is 180 Å². The third-order valence-electron chi connectivity index (χ3n) is 10.6. The van der Waals surface area contributed by atoms with Crippen LogP contribution < -0.4 is 4.89 Å². The van der Waals surface area contributed by atoms with Gasteiger partial charge in [0.25, 0.3) is 7.82 Å². The van der Waals surface area contributed by atoms with E-state index in [9.17, 15) is 19.0 Å². The predicted molar refractivity (Wildman–Crippen MR) is 300 cm³/mol. The maximum atomic E-state index is 12.7. The van der Waals surface area contributed by atoms with Gasteiger partial charge in [-0.25, -0.2) is 0 Å². The van der Waals surface area contributed by atoms with Crippen LogP contribution >= 0.6 is 7.82 Å². The third kappa shape index (κ3) is 55.1. The van der Waals surface area contributed by atoms with Gasteiger partial charge in [0.15, 0.2) is 6.10 Å². The van der Waals surface area contributed by atoms with Crippen LogP contribution in [0.3, 0.4) is 0 Å². The van der Waals surface area contributed by atoms with Crippen LogP contribution in [0, 0.1) is 0 Å². The van der Waals surface area contributed by atoms with Crippen LogP contribution in [0.1, 0.15) is 174 Å². The second-order valence-electron chi connectivity index (χ2n) is 18.5. The van der Waals surface area contributed by atoms with Crippen molar-refractivity contribution in [2.24, 2.45) is 0 Å². The first-order chi connectivity index (χ1) is 34.5. The number of esters is 2. The molecular formula is C61H98NO8P. The Labute approximate surface area is 433 Å². The molecule has 0 aromatic carbocycles. The first-order valence-electron chi connectivity index (χ1n) is 27.0. The van der Waals surface area contributed by atoms with E-state index in [1.807, 2.05) is 21.1 Å². The topological polar surface area (TPSA) is 111 Å². The Morgan fingerprint density at radius 2 is 0.803 bits per heavy atom. The summed E-state index contributed by atoms with van der Waals surface area (Å²) in [6, 6.07) is 0. The minimum atomic E-state index is -4.64. The molecule has 0 aliphatic rings. The van der Waals surface area contributed by atoms with E-state index in [1.165, 1.54) is 6.42 Å². The lowest BCUT2D eigenvalue weighted by Crippen LogP contribution is -2.37. The molecule has 0 amide bonds. The van der Waals surface area contributed by atoms with E-state index < -0.39 is 32.5 Å². The van der Waals surface area contributed by atoms with Crippen LogP contribution in [0.5, 0.6) is 0 Å². The van der Waals surface area contributed by atoms with Crippen molar-refractivity contribution < 1.29 is 42.1 Å². The average Bonchev–Trinajstić information content (AvgIpc) is 3.33. The highest BCUT2D eigenvalue weighted by molar-refractivity contribution is 7.45. The zero-order valence-corrected chi connectivity index (χ0v) is 46.0.